The van der Waals surface area contributed by atoms with Crippen molar-refractivity contribution in [3.8, 4) is 0 Å². The number of hydrazone groups is 3. The summed E-state index contributed by atoms with van der Waals surface area (Å²) < 4.78 is 20.6. The normalized spacial score (nSPS) is 12.5. The Morgan fingerprint density at radius 1 is 0.419 bits per heavy atom. The molecule has 4 amide bonds. The van der Waals surface area contributed by atoms with Crippen LogP contribution in [0.5, 0.6) is 0 Å². The molecule has 0 aromatic carbocycles. The molecule has 0 unspecified atom stereocenters. The van der Waals surface area contributed by atoms with Crippen LogP contribution in [-0.2, 0) is 57.3 Å². The number of rotatable bonds is 29. The molecule has 0 heterocycles. The predicted octanol–water partition coefficient (Wildman–Crippen LogP) is 4.27. The van der Waals surface area contributed by atoms with Crippen LogP contribution in [0.4, 0.5) is 0 Å². The van der Waals surface area contributed by atoms with Crippen LogP contribution in [0.1, 0.15) is 159 Å². The number of nitrogens with one attached hydrogen (secondary N) is 4. The van der Waals surface area contributed by atoms with Gasteiger partial charge in [0, 0.05) is 41.2 Å². The molecule has 4 N–H and O–H groups in total. The minimum Gasteiger partial charge on any atom is -0.466 e. The quantitative estimate of drug-likeness (QED) is 0.0205. The Labute approximate surface area is 365 Å². The summed E-state index contributed by atoms with van der Waals surface area (Å²) in [5.74, 6) is -5.80. The Morgan fingerprint density at radius 2 is 0.710 bits per heavy atom. The Morgan fingerprint density at radius 3 is 1.00 bits per heavy atom. The predicted molar refractivity (Wildman–Crippen MR) is 233 cm³/mol. The number of carbonyl (C=O) groups excluding carboxylic acids is 8. The van der Waals surface area contributed by atoms with E-state index in [1.807, 2.05) is 27.7 Å². The van der Waals surface area contributed by atoms with Gasteiger partial charge in [-0.05, 0) is 92.9 Å². The lowest BCUT2D eigenvalue weighted by atomic mass is 9.95. The standard InChI is InChI=1S/C42H70N8O12/c1-11-41(9,12-2)43-29(5)17-21-33(51)59-25-15-26-60-35(53)23-19-31(7)46-49-39(57)40(58)50-47-32(8)20-24-36(54)62-28-16-27-61-34(52)22-18-30(6)45-48-38(56)37(55)44-42(10,13-3)14-4/h11-28H2,1-10H3,(H,44,55)(H,48,56)(H,49,57)(H,50,58). The second-order valence-corrected chi connectivity index (χ2v) is 15.2. The molecule has 62 heavy (non-hydrogen) atoms. The summed E-state index contributed by atoms with van der Waals surface area (Å²) in [4.78, 5) is 101. The average Bonchev–Trinajstić information content (AvgIpc) is 3.25. The van der Waals surface area contributed by atoms with Crippen LogP contribution in [0.15, 0.2) is 20.3 Å². The van der Waals surface area contributed by atoms with Crippen LogP contribution in [0, 0.1) is 0 Å². The molecule has 0 aliphatic rings. The number of ether oxygens (including phenoxy) is 4. The highest BCUT2D eigenvalue weighted by Gasteiger charge is 2.25. The summed E-state index contributed by atoms with van der Waals surface area (Å²) in [6.45, 7) is 18.7. The van der Waals surface area contributed by atoms with Crippen LogP contribution in [0.25, 0.3) is 0 Å². The van der Waals surface area contributed by atoms with E-state index in [4.69, 9.17) is 23.9 Å². The molecule has 0 rings (SSSR count). The first kappa shape index (κ1) is 56.4. The van der Waals surface area contributed by atoms with Gasteiger partial charge in [-0.3, -0.25) is 43.3 Å². The minimum atomic E-state index is -1.10. The Balaban J connectivity index is 4.21. The second kappa shape index (κ2) is 31.3. The zero-order valence-corrected chi connectivity index (χ0v) is 38.4. The SMILES string of the molecule is CCC(C)(CC)N=C(C)CCC(=O)OCCCOC(=O)CCC(C)=NNC(=O)C(=O)NN=C(C)CCC(=O)OCCCOC(=O)CCC(C)=NNC(=O)C(=O)NC(C)(CC)CC. The molecule has 0 atom stereocenters. The molecule has 0 saturated heterocycles. The van der Waals surface area contributed by atoms with E-state index in [1.54, 1.807) is 20.8 Å². The van der Waals surface area contributed by atoms with E-state index in [0.29, 0.717) is 42.8 Å². The third-order valence-corrected chi connectivity index (χ3v) is 9.81. The van der Waals surface area contributed by atoms with E-state index in [2.05, 4.69) is 57.7 Å². The van der Waals surface area contributed by atoms with Gasteiger partial charge in [0.1, 0.15) is 0 Å². The Kier molecular flexibility index (Phi) is 28.5. The lowest BCUT2D eigenvalue weighted by Crippen LogP contribution is -2.50. The van der Waals surface area contributed by atoms with E-state index in [-0.39, 0.29) is 89.3 Å². The maximum Gasteiger partial charge on any atom is 0.331 e. The first-order chi connectivity index (χ1) is 29.2. The molecule has 0 fully saturated rings. The zero-order valence-electron chi connectivity index (χ0n) is 38.4. The molecule has 20 heteroatoms. The molecule has 0 spiro atoms. The first-order valence-corrected chi connectivity index (χ1v) is 21.2. The van der Waals surface area contributed by atoms with Crippen molar-refractivity contribution in [1.82, 2.24) is 21.6 Å². The van der Waals surface area contributed by atoms with Crippen LogP contribution < -0.4 is 21.6 Å². The lowest BCUT2D eigenvalue weighted by molar-refractivity contribution is -0.147. The van der Waals surface area contributed by atoms with Crippen molar-refractivity contribution in [2.24, 2.45) is 20.3 Å². The fourth-order valence-electron chi connectivity index (χ4n) is 4.72. The van der Waals surface area contributed by atoms with Gasteiger partial charge in [-0.25, -0.2) is 16.3 Å². The van der Waals surface area contributed by atoms with Crippen molar-refractivity contribution in [2.45, 2.75) is 170 Å². The maximum absolute atomic E-state index is 12.1. The summed E-state index contributed by atoms with van der Waals surface area (Å²) in [5, 5.41) is 14.1. The number of amides is 4. The van der Waals surface area contributed by atoms with Crippen LogP contribution in [0.2, 0.25) is 0 Å². The Bertz CT molecular complexity index is 1630. The van der Waals surface area contributed by atoms with Gasteiger partial charge in [-0.1, -0.05) is 27.7 Å². The van der Waals surface area contributed by atoms with Gasteiger partial charge in [-0.2, -0.15) is 15.3 Å². The molecule has 0 saturated carbocycles. The fourth-order valence-corrected chi connectivity index (χ4v) is 4.72. The molecule has 0 radical (unpaired) electrons. The van der Waals surface area contributed by atoms with Crippen molar-refractivity contribution in [3.63, 3.8) is 0 Å². The number of aliphatic imine (C=N–C) groups is 1. The van der Waals surface area contributed by atoms with Gasteiger partial charge in [0.15, 0.2) is 0 Å². The van der Waals surface area contributed by atoms with Crippen LogP contribution in [-0.4, -0.2) is 108 Å². The molecule has 20 nitrogen and oxygen atoms in total. The summed E-state index contributed by atoms with van der Waals surface area (Å²) in [6.07, 6.45) is 4.88. The fraction of sp³-hybridized carbons (Fsp3) is 0.714. The summed E-state index contributed by atoms with van der Waals surface area (Å²) in [6, 6.07) is 0. The number of carbonyl (C=O) groups is 8. The summed E-state index contributed by atoms with van der Waals surface area (Å²) >= 11 is 0. The van der Waals surface area contributed by atoms with Crippen molar-refractivity contribution in [1.29, 1.82) is 0 Å². The van der Waals surface area contributed by atoms with Gasteiger partial charge >= 0.3 is 47.5 Å². The molecule has 0 aromatic heterocycles. The third-order valence-electron chi connectivity index (χ3n) is 9.81. The van der Waals surface area contributed by atoms with Crippen molar-refractivity contribution >= 4 is 70.4 Å². The van der Waals surface area contributed by atoms with Crippen LogP contribution in [0.3, 0.4) is 0 Å². The van der Waals surface area contributed by atoms with Gasteiger partial charge in [0.05, 0.1) is 57.6 Å². The summed E-state index contributed by atoms with van der Waals surface area (Å²) in [5.41, 5.74) is 7.74. The van der Waals surface area contributed by atoms with E-state index < -0.39 is 47.1 Å². The lowest BCUT2D eigenvalue weighted by Gasteiger charge is -2.27. The average molecular weight is 879 g/mol. The first-order valence-electron chi connectivity index (χ1n) is 21.2. The molecular weight excluding hydrogens is 809 g/mol. The molecule has 0 aliphatic carbocycles. The molecule has 0 aliphatic heterocycles. The number of hydrogen-bond acceptors (Lipinski definition) is 16. The van der Waals surface area contributed by atoms with Crippen molar-refractivity contribution < 1.29 is 57.3 Å². The topological polar surface area (TPSA) is 271 Å². The number of esters is 4. The molecule has 0 bridgehead atoms. The van der Waals surface area contributed by atoms with E-state index >= 15 is 0 Å². The Hall–Kier alpha value is -5.56. The highest BCUT2D eigenvalue weighted by atomic mass is 16.6. The largest absolute Gasteiger partial charge is 0.466 e. The van der Waals surface area contributed by atoms with E-state index in [9.17, 15) is 38.4 Å². The number of hydrogen-bond donors (Lipinski definition) is 4. The minimum absolute atomic E-state index is 0.00211. The van der Waals surface area contributed by atoms with Gasteiger partial charge < -0.3 is 24.3 Å². The smallest absolute Gasteiger partial charge is 0.331 e. The van der Waals surface area contributed by atoms with Gasteiger partial charge in [0.2, 0.25) is 0 Å². The highest BCUT2D eigenvalue weighted by molar-refractivity contribution is 6.35. The van der Waals surface area contributed by atoms with Crippen LogP contribution >= 0.6 is 0 Å². The van der Waals surface area contributed by atoms with Crippen molar-refractivity contribution in [2.75, 3.05) is 26.4 Å². The molecular formula is C42H70N8O12. The van der Waals surface area contributed by atoms with E-state index in [1.165, 1.54) is 0 Å². The monoisotopic (exact) mass is 879 g/mol. The molecule has 350 valence electrons. The molecule has 0 aromatic rings. The summed E-state index contributed by atoms with van der Waals surface area (Å²) in [7, 11) is 0. The second-order valence-electron chi connectivity index (χ2n) is 15.2. The highest BCUT2D eigenvalue weighted by Crippen LogP contribution is 2.20. The van der Waals surface area contributed by atoms with Gasteiger partial charge in [-0.15, -0.1) is 0 Å². The third kappa shape index (κ3) is 27.3. The maximum atomic E-state index is 12.1. The van der Waals surface area contributed by atoms with Crippen molar-refractivity contribution in [3.05, 3.63) is 0 Å². The van der Waals surface area contributed by atoms with Gasteiger partial charge in [0.25, 0.3) is 0 Å². The van der Waals surface area contributed by atoms with E-state index in [0.717, 1.165) is 18.6 Å². The zero-order chi connectivity index (χ0) is 47.1. The number of nitrogens with zero attached hydrogens (tertiary/aromatic N) is 4.